The number of hydrogen-bond acceptors (Lipinski definition) is 3. The van der Waals surface area contributed by atoms with Gasteiger partial charge < -0.3 is 15.5 Å². The van der Waals surface area contributed by atoms with E-state index < -0.39 is 17.9 Å². The molecule has 1 aliphatic heterocycles. The first kappa shape index (κ1) is 17.9. The summed E-state index contributed by atoms with van der Waals surface area (Å²) in [5.41, 5.74) is 2.14. The van der Waals surface area contributed by atoms with Crippen LogP contribution < -0.4 is 15.5 Å². The van der Waals surface area contributed by atoms with Crippen LogP contribution in [0.2, 0.25) is 5.02 Å². The molecule has 0 saturated carbocycles. The van der Waals surface area contributed by atoms with Gasteiger partial charge in [-0.25, -0.2) is 0 Å². The number of halogens is 1. The molecule has 1 atom stereocenters. The van der Waals surface area contributed by atoms with Crippen molar-refractivity contribution in [3.63, 3.8) is 0 Å². The summed E-state index contributed by atoms with van der Waals surface area (Å²) < 4.78 is 0. The van der Waals surface area contributed by atoms with Crippen LogP contribution in [0, 0.1) is 0 Å². The van der Waals surface area contributed by atoms with Gasteiger partial charge in [0.2, 0.25) is 0 Å². The van der Waals surface area contributed by atoms with E-state index in [-0.39, 0.29) is 12.5 Å². The molecule has 0 saturated heterocycles. The Hall–Kier alpha value is -2.86. The average Bonchev–Trinajstić information content (AvgIpc) is 2.92. The summed E-state index contributed by atoms with van der Waals surface area (Å²) in [6, 6.07) is 13.4. The van der Waals surface area contributed by atoms with Crippen LogP contribution in [0.4, 0.5) is 5.69 Å². The van der Waals surface area contributed by atoms with Gasteiger partial charge in [-0.3, -0.25) is 14.4 Å². The summed E-state index contributed by atoms with van der Waals surface area (Å²) in [6.45, 7) is 2.47. The van der Waals surface area contributed by atoms with Crippen LogP contribution >= 0.6 is 11.6 Å². The fourth-order valence-electron chi connectivity index (χ4n) is 2.94. The third kappa shape index (κ3) is 3.41. The van der Waals surface area contributed by atoms with Gasteiger partial charge in [-0.2, -0.15) is 0 Å². The van der Waals surface area contributed by atoms with Crippen molar-refractivity contribution < 1.29 is 14.4 Å². The van der Waals surface area contributed by atoms with E-state index >= 15 is 0 Å². The molecule has 0 aliphatic carbocycles. The number of carbonyl (C=O) groups excluding carboxylic acids is 3. The van der Waals surface area contributed by atoms with E-state index in [1.165, 1.54) is 0 Å². The molecule has 2 aromatic rings. The van der Waals surface area contributed by atoms with Gasteiger partial charge >= 0.3 is 11.8 Å². The zero-order valence-corrected chi connectivity index (χ0v) is 14.9. The zero-order valence-electron chi connectivity index (χ0n) is 14.2. The van der Waals surface area contributed by atoms with Crippen LogP contribution in [-0.2, 0) is 20.9 Å². The predicted molar refractivity (Wildman–Crippen MR) is 98.7 cm³/mol. The van der Waals surface area contributed by atoms with Gasteiger partial charge in [0, 0.05) is 29.4 Å². The number of likely N-dealkylation sites (N-methyl/N-ethyl adjacent to an activating group) is 1. The molecule has 134 valence electrons. The number of hydrogen-bond donors (Lipinski definition) is 2. The fourth-order valence-corrected chi connectivity index (χ4v) is 3.15. The van der Waals surface area contributed by atoms with Crippen molar-refractivity contribution in [2.45, 2.75) is 19.5 Å². The van der Waals surface area contributed by atoms with Gasteiger partial charge in [-0.1, -0.05) is 48.0 Å². The highest BCUT2D eigenvalue weighted by Crippen LogP contribution is 2.35. The highest BCUT2D eigenvalue weighted by Gasteiger charge is 2.37. The Labute approximate surface area is 156 Å². The molecule has 1 heterocycles. The summed E-state index contributed by atoms with van der Waals surface area (Å²) in [7, 11) is 0. The number of benzene rings is 2. The van der Waals surface area contributed by atoms with Crippen LogP contribution in [0.25, 0.3) is 0 Å². The van der Waals surface area contributed by atoms with Crippen LogP contribution in [0.3, 0.4) is 0 Å². The lowest BCUT2D eigenvalue weighted by molar-refractivity contribution is -0.140. The van der Waals surface area contributed by atoms with Gasteiger partial charge in [-0.15, -0.1) is 0 Å². The molecule has 0 aromatic heterocycles. The van der Waals surface area contributed by atoms with E-state index in [0.717, 1.165) is 5.69 Å². The Morgan fingerprint density at radius 2 is 1.77 bits per heavy atom. The Morgan fingerprint density at radius 1 is 1.08 bits per heavy atom. The van der Waals surface area contributed by atoms with Crippen molar-refractivity contribution in [3.05, 3.63) is 64.7 Å². The van der Waals surface area contributed by atoms with Gasteiger partial charge in [0.05, 0.1) is 0 Å². The fraction of sp³-hybridized carbons (Fsp3) is 0.211. The highest BCUT2D eigenvalue weighted by atomic mass is 35.5. The number of rotatable bonds is 4. The minimum atomic E-state index is -0.858. The minimum Gasteiger partial charge on any atom is -0.344 e. The Kier molecular flexibility index (Phi) is 5.23. The molecule has 3 amide bonds. The van der Waals surface area contributed by atoms with E-state index in [0.29, 0.717) is 22.7 Å². The van der Waals surface area contributed by atoms with Crippen LogP contribution in [0.15, 0.2) is 48.5 Å². The lowest BCUT2D eigenvalue weighted by atomic mass is 10.1. The topological polar surface area (TPSA) is 78.5 Å². The molecular weight excluding hydrogens is 354 g/mol. The maximum atomic E-state index is 12.5. The molecule has 0 spiro atoms. The number of nitrogens with one attached hydrogen (secondary N) is 2. The van der Waals surface area contributed by atoms with Crippen molar-refractivity contribution >= 4 is 35.0 Å². The van der Waals surface area contributed by atoms with Crippen molar-refractivity contribution in [1.82, 2.24) is 10.6 Å². The molecule has 1 aliphatic rings. The van der Waals surface area contributed by atoms with Crippen molar-refractivity contribution in [2.75, 3.05) is 11.4 Å². The van der Waals surface area contributed by atoms with E-state index in [9.17, 15) is 14.4 Å². The molecule has 7 heteroatoms. The summed E-state index contributed by atoms with van der Waals surface area (Å²) in [6.07, 6.45) is 0. The largest absolute Gasteiger partial charge is 0.344 e. The normalized spacial score (nSPS) is 15.5. The summed E-state index contributed by atoms with van der Waals surface area (Å²) >= 11 is 6.03. The number of nitrogens with zero attached hydrogens (tertiary/aromatic N) is 1. The maximum absolute atomic E-state index is 12.5. The predicted octanol–water partition coefficient (Wildman–Crippen LogP) is 2.18. The number of amides is 3. The van der Waals surface area contributed by atoms with E-state index in [1.807, 2.05) is 19.1 Å². The average molecular weight is 372 g/mol. The van der Waals surface area contributed by atoms with Crippen molar-refractivity contribution in [1.29, 1.82) is 0 Å². The molecule has 6 nitrogen and oxygen atoms in total. The van der Waals surface area contributed by atoms with Gasteiger partial charge in [0.15, 0.2) is 0 Å². The molecule has 2 aromatic carbocycles. The first-order chi connectivity index (χ1) is 12.5. The van der Waals surface area contributed by atoms with Crippen molar-refractivity contribution in [3.8, 4) is 0 Å². The summed E-state index contributed by atoms with van der Waals surface area (Å²) in [4.78, 5) is 38.4. The SMILES string of the molecule is CCN1C(=O)C(NC(=O)C(=O)NCc2ccccc2Cl)c2ccccc21. The third-order valence-electron chi connectivity index (χ3n) is 4.25. The molecule has 1 unspecified atom stereocenters. The van der Waals surface area contributed by atoms with Crippen LogP contribution in [0.1, 0.15) is 24.1 Å². The maximum Gasteiger partial charge on any atom is 0.310 e. The van der Waals surface area contributed by atoms with Gasteiger partial charge in [0.25, 0.3) is 5.91 Å². The number of carbonyl (C=O) groups is 3. The molecule has 0 bridgehead atoms. The van der Waals surface area contributed by atoms with Gasteiger partial charge in [0.1, 0.15) is 6.04 Å². The van der Waals surface area contributed by atoms with E-state index in [2.05, 4.69) is 10.6 Å². The van der Waals surface area contributed by atoms with Crippen LogP contribution in [-0.4, -0.2) is 24.3 Å². The smallest absolute Gasteiger partial charge is 0.310 e. The van der Waals surface area contributed by atoms with Crippen molar-refractivity contribution in [2.24, 2.45) is 0 Å². The van der Waals surface area contributed by atoms with Gasteiger partial charge in [-0.05, 0) is 24.6 Å². The summed E-state index contributed by atoms with van der Waals surface area (Å²) in [5, 5.41) is 5.55. The number of fused-ring (bicyclic) bond motifs is 1. The molecule has 0 fully saturated rings. The first-order valence-corrected chi connectivity index (χ1v) is 8.63. The molecule has 26 heavy (non-hydrogen) atoms. The first-order valence-electron chi connectivity index (χ1n) is 8.25. The monoisotopic (exact) mass is 371 g/mol. The Bertz CT molecular complexity index is 869. The standard InChI is InChI=1S/C19H18ClN3O3/c1-2-23-15-10-6-4-8-13(15)16(19(23)26)22-18(25)17(24)21-11-12-7-3-5-9-14(12)20/h3-10,16H,2,11H2,1H3,(H,21,24)(H,22,25). The molecule has 2 N–H and O–H groups in total. The lowest BCUT2D eigenvalue weighted by Crippen LogP contribution is -2.44. The molecular formula is C19H18ClN3O3. The van der Waals surface area contributed by atoms with E-state index in [4.69, 9.17) is 11.6 Å². The summed E-state index contributed by atoms with van der Waals surface area (Å²) in [5.74, 6) is -1.92. The van der Waals surface area contributed by atoms with E-state index in [1.54, 1.807) is 41.3 Å². The Morgan fingerprint density at radius 3 is 2.50 bits per heavy atom. The lowest BCUT2D eigenvalue weighted by Gasteiger charge is -2.15. The number of anilines is 1. The third-order valence-corrected chi connectivity index (χ3v) is 4.62. The zero-order chi connectivity index (χ0) is 18.7. The number of para-hydroxylation sites is 1. The molecule has 3 rings (SSSR count). The minimum absolute atomic E-state index is 0.127. The molecule has 0 radical (unpaired) electrons. The second-order valence-electron chi connectivity index (χ2n) is 5.82. The highest BCUT2D eigenvalue weighted by molar-refractivity contribution is 6.36. The van der Waals surface area contributed by atoms with Crippen LogP contribution in [0.5, 0.6) is 0 Å². The second kappa shape index (κ2) is 7.58. The second-order valence-corrected chi connectivity index (χ2v) is 6.23. The Balaban J connectivity index is 1.67. The quantitative estimate of drug-likeness (QED) is 0.808.